The van der Waals surface area contributed by atoms with Gasteiger partial charge >= 0.3 is 6.18 Å². The Balaban J connectivity index is 0.00000324. The van der Waals surface area contributed by atoms with Crippen LogP contribution in [-0.4, -0.2) is 57.0 Å². The van der Waals surface area contributed by atoms with E-state index < -0.39 is 12.8 Å². The molecule has 0 spiro atoms. The highest BCUT2D eigenvalue weighted by atomic mass is 35.5. The van der Waals surface area contributed by atoms with Gasteiger partial charge in [-0.2, -0.15) is 13.2 Å². The summed E-state index contributed by atoms with van der Waals surface area (Å²) in [5, 5.41) is 3.33. The van der Waals surface area contributed by atoms with Crippen molar-refractivity contribution >= 4 is 12.4 Å². The topological polar surface area (TPSA) is 24.5 Å². The van der Waals surface area contributed by atoms with Gasteiger partial charge in [0, 0.05) is 6.54 Å². The molecule has 3 nitrogen and oxygen atoms in total. The minimum absolute atomic E-state index is 0. The van der Waals surface area contributed by atoms with Crippen LogP contribution >= 0.6 is 12.4 Å². The van der Waals surface area contributed by atoms with Crippen molar-refractivity contribution in [3.63, 3.8) is 0 Å². The van der Waals surface area contributed by atoms with Gasteiger partial charge in [-0.3, -0.25) is 0 Å². The fraction of sp³-hybridized carbons (Fsp3) is 1.00. The lowest BCUT2D eigenvalue weighted by molar-refractivity contribution is -0.174. The van der Waals surface area contributed by atoms with Crippen LogP contribution < -0.4 is 5.32 Å². The number of alkyl halides is 3. The van der Waals surface area contributed by atoms with Crippen molar-refractivity contribution in [3.8, 4) is 0 Å². The van der Waals surface area contributed by atoms with E-state index >= 15 is 0 Å². The van der Waals surface area contributed by atoms with Gasteiger partial charge in [-0.1, -0.05) is 6.92 Å². The lowest BCUT2D eigenvalue weighted by Crippen LogP contribution is -2.39. The van der Waals surface area contributed by atoms with Crippen LogP contribution in [0.3, 0.4) is 0 Å². The second-order valence-corrected chi connectivity index (χ2v) is 4.76. The van der Waals surface area contributed by atoms with Gasteiger partial charge < -0.3 is 15.0 Å². The van der Waals surface area contributed by atoms with Gasteiger partial charge in [-0.05, 0) is 44.9 Å². The predicted octanol–water partition coefficient (Wildman–Crippen LogP) is 2.31. The van der Waals surface area contributed by atoms with Crippen LogP contribution in [0, 0.1) is 5.92 Å². The predicted molar refractivity (Wildman–Crippen MR) is 71.8 cm³/mol. The number of hydrogen-bond donors (Lipinski definition) is 1. The number of halogens is 4. The lowest BCUT2D eigenvalue weighted by Gasteiger charge is -2.31. The van der Waals surface area contributed by atoms with Crippen LogP contribution in [-0.2, 0) is 4.74 Å². The summed E-state index contributed by atoms with van der Waals surface area (Å²) in [7, 11) is 0. The summed E-state index contributed by atoms with van der Waals surface area (Å²) in [5.41, 5.74) is 0. The molecule has 0 saturated carbocycles. The van der Waals surface area contributed by atoms with Crippen LogP contribution in [0.4, 0.5) is 13.2 Å². The SMILES string of the molecule is CCNCC1CCN(CCOCC(F)(F)F)CC1.Cl. The maximum absolute atomic E-state index is 11.8. The van der Waals surface area contributed by atoms with E-state index in [0.717, 1.165) is 39.0 Å². The fourth-order valence-corrected chi connectivity index (χ4v) is 2.14. The van der Waals surface area contributed by atoms with Crippen LogP contribution in [0.15, 0.2) is 0 Å². The highest BCUT2D eigenvalue weighted by Crippen LogP contribution is 2.17. The Bertz CT molecular complexity index is 222. The smallest absolute Gasteiger partial charge is 0.371 e. The monoisotopic (exact) mass is 304 g/mol. The molecule has 1 rings (SSSR count). The quantitative estimate of drug-likeness (QED) is 0.731. The third-order valence-electron chi connectivity index (χ3n) is 3.21. The number of nitrogens with zero attached hydrogens (tertiary/aromatic N) is 1. The summed E-state index contributed by atoms with van der Waals surface area (Å²) in [4.78, 5) is 2.18. The molecule has 1 heterocycles. The third-order valence-corrected chi connectivity index (χ3v) is 3.21. The van der Waals surface area contributed by atoms with Gasteiger partial charge in [-0.15, -0.1) is 12.4 Å². The van der Waals surface area contributed by atoms with E-state index in [4.69, 9.17) is 0 Å². The zero-order valence-corrected chi connectivity index (χ0v) is 12.2. The van der Waals surface area contributed by atoms with Crippen LogP contribution in [0.5, 0.6) is 0 Å². The number of piperidine rings is 1. The molecule has 0 aromatic carbocycles. The fourth-order valence-electron chi connectivity index (χ4n) is 2.14. The molecule has 0 unspecified atom stereocenters. The van der Waals surface area contributed by atoms with Crippen LogP contribution in [0.2, 0.25) is 0 Å². The normalized spacial score (nSPS) is 18.3. The average molecular weight is 305 g/mol. The van der Waals surface area contributed by atoms with Gasteiger partial charge in [0.2, 0.25) is 0 Å². The highest BCUT2D eigenvalue weighted by Gasteiger charge is 2.27. The van der Waals surface area contributed by atoms with Gasteiger partial charge in [0.25, 0.3) is 0 Å². The molecule has 1 N–H and O–H groups in total. The molecule has 0 aliphatic carbocycles. The second-order valence-electron chi connectivity index (χ2n) is 4.76. The van der Waals surface area contributed by atoms with E-state index in [0.29, 0.717) is 12.5 Å². The van der Waals surface area contributed by atoms with E-state index in [2.05, 4.69) is 21.9 Å². The van der Waals surface area contributed by atoms with E-state index in [-0.39, 0.29) is 19.0 Å². The first kappa shape index (κ1) is 19.0. The van der Waals surface area contributed by atoms with E-state index in [9.17, 15) is 13.2 Å². The highest BCUT2D eigenvalue weighted by molar-refractivity contribution is 5.85. The summed E-state index contributed by atoms with van der Waals surface area (Å²) in [6.07, 6.45) is -1.97. The van der Waals surface area contributed by atoms with Crippen molar-refractivity contribution in [3.05, 3.63) is 0 Å². The summed E-state index contributed by atoms with van der Waals surface area (Å²) >= 11 is 0. The molecule has 1 aliphatic rings. The van der Waals surface area contributed by atoms with Crippen molar-refractivity contribution in [1.29, 1.82) is 0 Å². The van der Waals surface area contributed by atoms with Gasteiger partial charge in [0.05, 0.1) is 6.61 Å². The van der Waals surface area contributed by atoms with Crippen molar-refractivity contribution in [2.75, 3.05) is 45.9 Å². The summed E-state index contributed by atoms with van der Waals surface area (Å²) in [6, 6.07) is 0. The van der Waals surface area contributed by atoms with E-state index in [1.54, 1.807) is 0 Å². The Morgan fingerprint density at radius 2 is 1.89 bits per heavy atom. The second kappa shape index (κ2) is 9.80. The number of ether oxygens (including phenoxy) is 1. The molecule has 0 aromatic rings. The van der Waals surface area contributed by atoms with Crippen molar-refractivity contribution in [2.24, 2.45) is 5.92 Å². The van der Waals surface area contributed by atoms with Crippen molar-refractivity contribution < 1.29 is 17.9 Å². The summed E-state index contributed by atoms with van der Waals surface area (Å²) < 4.78 is 40.1. The third kappa shape index (κ3) is 9.49. The van der Waals surface area contributed by atoms with Crippen LogP contribution in [0.25, 0.3) is 0 Å². The van der Waals surface area contributed by atoms with Crippen LogP contribution in [0.1, 0.15) is 19.8 Å². The van der Waals surface area contributed by atoms with E-state index in [1.807, 2.05) is 0 Å². The summed E-state index contributed by atoms with van der Waals surface area (Å²) in [5.74, 6) is 0.706. The Hall–Kier alpha value is -0.0400. The average Bonchev–Trinajstić information content (AvgIpc) is 2.32. The standard InChI is InChI=1S/C12H23F3N2O.ClH/c1-2-16-9-11-3-5-17(6-4-11)7-8-18-10-12(13,14)15;/h11,16H,2-10H2,1H3;1H. The minimum atomic E-state index is -4.21. The molecule has 1 saturated heterocycles. The Morgan fingerprint density at radius 1 is 1.26 bits per heavy atom. The summed E-state index contributed by atoms with van der Waals surface area (Å²) in [6.45, 7) is 5.69. The molecule has 0 amide bonds. The number of hydrogen-bond acceptors (Lipinski definition) is 3. The lowest BCUT2D eigenvalue weighted by atomic mass is 9.97. The van der Waals surface area contributed by atoms with Gasteiger partial charge in [0.15, 0.2) is 0 Å². The number of rotatable bonds is 7. The molecule has 0 radical (unpaired) electrons. The molecular weight excluding hydrogens is 281 g/mol. The Morgan fingerprint density at radius 3 is 2.42 bits per heavy atom. The first-order chi connectivity index (χ1) is 8.51. The Labute approximate surface area is 119 Å². The first-order valence-electron chi connectivity index (χ1n) is 6.59. The molecule has 116 valence electrons. The first-order valence-corrected chi connectivity index (χ1v) is 6.59. The molecule has 0 aromatic heterocycles. The van der Waals surface area contributed by atoms with Crippen molar-refractivity contribution in [2.45, 2.75) is 25.9 Å². The van der Waals surface area contributed by atoms with E-state index in [1.165, 1.54) is 0 Å². The molecule has 1 aliphatic heterocycles. The zero-order chi connectivity index (χ0) is 13.4. The molecular formula is C12H24ClF3N2O. The maximum Gasteiger partial charge on any atom is 0.411 e. The number of likely N-dealkylation sites (tertiary alicyclic amines) is 1. The van der Waals surface area contributed by atoms with Gasteiger partial charge in [0.1, 0.15) is 6.61 Å². The zero-order valence-electron chi connectivity index (χ0n) is 11.3. The molecule has 0 atom stereocenters. The Kier molecular flexibility index (Phi) is 9.78. The molecule has 7 heteroatoms. The maximum atomic E-state index is 11.8. The molecule has 19 heavy (non-hydrogen) atoms. The van der Waals surface area contributed by atoms with Gasteiger partial charge in [-0.25, -0.2) is 0 Å². The van der Waals surface area contributed by atoms with Crippen molar-refractivity contribution in [1.82, 2.24) is 10.2 Å². The molecule has 0 bridgehead atoms. The number of nitrogens with one attached hydrogen (secondary N) is 1. The molecule has 1 fully saturated rings. The minimum Gasteiger partial charge on any atom is -0.371 e. The largest absolute Gasteiger partial charge is 0.411 e.